The molecule has 0 atom stereocenters. The van der Waals surface area contributed by atoms with Crippen molar-refractivity contribution in [2.24, 2.45) is 0 Å². The van der Waals surface area contributed by atoms with Crippen LogP contribution in [0.1, 0.15) is 41.3 Å². The fourth-order valence-corrected chi connectivity index (χ4v) is 2.63. The molecule has 0 fully saturated rings. The molecule has 3 aromatic carbocycles. The van der Waals surface area contributed by atoms with E-state index < -0.39 is 0 Å². The van der Waals surface area contributed by atoms with Crippen LogP contribution in [0.5, 0.6) is 0 Å². The standard InChI is InChI=1S/C22H20O/c1-16(2)17-8-12-20(13-9-17)22(23)21-14-10-19(11-15-21)18-6-4-3-5-7-18/h3-16H,1-2H3. The Morgan fingerprint density at radius 1 is 0.652 bits per heavy atom. The molecule has 0 heterocycles. The molecule has 23 heavy (non-hydrogen) atoms. The Bertz CT molecular complexity index is 782. The predicted molar refractivity (Wildman–Crippen MR) is 95.8 cm³/mol. The van der Waals surface area contributed by atoms with E-state index in [1.165, 1.54) is 5.56 Å². The third kappa shape index (κ3) is 3.40. The van der Waals surface area contributed by atoms with Crippen LogP contribution in [-0.2, 0) is 0 Å². The first-order valence-corrected chi connectivity index (χ1v) is 7.95. The summed E-state index contributed by atoms with van der Waals surface area (Å²) in [4.78, 5) is 12.6. The van der Waals surface area contributed by atoms with Gasteiger partial charge in [-0.05, 0) is 22.6 Å². The third-order valence-corrected chi connectivity index (χ3v) is 4.09. The van der Waals surface area contributed by atoms with Crippen molar-refractivity contribution in [2.45, 2.75) is 19.8 Å². The van der Waals surface area contributed by atoms with Crippen LogP contribution in [0.4, 0.5) is 0 Å². The molecule has 114 valence electrons. The second kappa shape index (κ2) is 6.62. The summed E-state index contributed by atoms with van der Waals surface area (Å²) >= 11 is 0. The van der Waals surface area contributed by atoms with Crippen molar-refractivity contribution < 1.29 is 4.79 Å². The van der Waals surface area contributed by atoms with Gasteiger partial charge in [-0.1, -0.05) is 92.7 Å². The molecular weight excluding hydrogens is 280 g/mol. The monoisotopic (exact) mass is 300 g/mol. The van der Waals surface area contributed by atoms with Gasteiger partial charge in [-0.15, -0.1) is 0 Å². The minimum Gasteiger partial charge on any atom is -0.289 e. The van der Waals surface area contributed by atoms with Gasteiger partial charge >= 0.3 is 0 Å². The zero-order valence-corrected chi connectivity index (χ0v) is 13.5. The summed E-state index contributed by atoms with van der Waals surface area (Å²) in [7, 11) is 0. The smallest absolute Gasteiger partial charge is 0.193 e. The minimum absolute atomic E-state index is 0.0694. The van der Waals surface area contributed by atoms with Crippen molar-refractivity contribution in [3.8, 4) is 11.1 Å². The number of rotatable bonds is 4. The molecule has 1 nitrogen and oxygen atoms in total. The Balaban J connectivity index is 1.83. The molecule has 0 unspecified atom stereocenters. The number of carbonyl (C=O) groups is 1. The van der Waals surface area contributed by atoms with Gasteiger partial charge in [-0.2, -0.15) is 0 Å². The average Bonchev–Trinajstić information content (AvgIpc) is 2.62. The molecular formula is C22H20O. The highest BCUT2D eigenvalue weighted by atomic mass is 16.1. The van der Waals surface area contributed by atoms with Crippen LogP contribution in [0.15, 0.2) is 78.9 Å². The van der Waals surface area contributed by atoms with Crippen LogP contribution in [-0.4, -0.2) is 5.78 Å². The summed E-state index contributed by atoms with van der Waals surface area (Å²) < 4.78 is 0. The van der Waals surface area contributed by atoms with Crippen molar-refractivity contribution in [1.82, 2.24) is 0 Å². The molecule has 0 aliphatic carbocycles. The van der Waals surface area contributed by atoms with Crippen LogP contribution < -0.4 is 0 Å². The number of benzene rings is 3. The van der Waals surface area contributed by atoms with Crippen LogP contribution >= 0.6 is 0 Å². The lowest BCUT2D eigenvalue weighted by atomic mass is 9.97. The van der Waals surface area contributed by atoms with Crippen LogP contribution in [0.3, 0.4) is 0 Å². The molecule has 0 saturated carbocycles. The number of ketones is 1. The van der Waals surface area contributed by atoms with E-state index in [1.54, 1.807) is 0 Å². The fourth-order valence-electron chi connectivity index (χ4n) is 2.63. The summed E-state index contributed by atoms with van der Waals surface area (Å²) in [5.74, 6) is 0.546. The van der Waals surface area contributed by atoms with Gasteiger partial charge < -0.3 is 0 Å². The zero-order valence-electron chi connectivity index (χ0n) is 13.5. The second-order valence-electron chi connectivity index (χ2n) is 6.05. The van der Waals surface area contributed by atoms with Crippen molar-refractivity contribution >= 4 is 5.78 Å². The van der Waals surface area contributed by atoms with Gasteiger partial charge in [0.15, 0.2) is 5.78 Å². The Morgan fingerprint density at radius 3 is 1.65 bits per heavy atom. The van der Waals surface area contributed by atoms with Gasteiger partial charge in [0.25, 0.3) is 0 Å². The lowest BCUT2D eigenvalue weighted by Gasteiger charge is -2.07. The lowest BCUT2D eigenvalue weighted by Crippen LogP contribution is -2.01. The highest BCUT2D eigenvalue weighted by Gasteiger charge is 2.10. The molecule has 0 aliphatic rings. The van der Waals surface area contributed by atoms with Crippen molar-refractivity contribution in [2.75, 3.05) is 0 Å². The van der Waals surface area contributed by atoms with Crippen LogP contribution in [0.2, 0.25) is 0 Å². The third-order valence-electron chi connectivity index (χ3n) is 4.09. The zero-order chi connectivity index (χ0) is 16.2. The number of carbonyl (C=O) groups excluding carboxylic acids is 1. The molecule has 0 amide bonds. The maximum absolute atomic E-state index is 12.6. The van der Waals surface area contributed by atoms with Crippen molar-refractivity contribution in [3.63, 3.8) is 0 Å². The molecule has 0 saturated heterocycles. The SMILES string of the molecule is CC(C)c1ccc(C(=O)c2ccc(-c3ccccc3)cc2)cc1. The number of hydrogen-bond acceptors (Lipinski definition) is 1. The highest BCUT2D eigenvalue weighted by molar-refractivity contribution is 6.09. The molecule has 3 aromatic rings. The molecule has 1 heteroatoms. The lowest BCUT2D eigenvalue weighted by molar-refractivity contribution is 0.103. The van der Waals surface area contributed by atoms with Crippen LogP contribution in [0, 0.1) is 0 Å². The Labute approximate surface area is 137 Å². The van der Waals surface area contributed by atoms with E-state index in [0.717, 1.165) is 22.3 Å². The number of hydrogen-bond donors (Lipinski definition) is 0. The predicted octanol–water partition coefficient (Wildman–Crippen LogP) is 5.71. The second-order valence-corrected chi connectivity index (χ2v) is 6.05. The topological polar surface area (TPSA) is 17.1 Å². The maximum Gasteiger partial charge on any atom is 0.193 e. The normalized spacial score (nSPS) is 10.7. The first-order valence-electron chi connectivity index (χ1n) is 7.95. The van der Waals surface area contributed by atoms with E-state index >= 15 is 0 Å². The average molecular weight is 300 g/mol. The van der Waals surface area contributed by atoms with Gasteiger partial charge in [0.1, 0.15) is 0 Å². The molecule has 0 radical (unpaired) electrons. The molecule has 0 N–H and O–H groups in total. The first-order chi connectivity index (χ1) is 11.1. The Kier molecular flexibility index (Phi) is 4.38. The Hall–Kier alpha value is -2.67. The van der Waals surface area contributed by atoms with E-state index in [9.17, 15) is 4.79 Å². The highest BCUT2D eigenvalue weighted by Crippen LogP contribution is 2.21. The molecule has 0 aliphatic heterocycles. The summed E-state index contributed by atoms with van der Waals surface area (Å²) in [6, 6.07) is 25.9. The van der Waals surface area contributed by atoms with Gasteiger partial charge in [-0.25, -0.2) is 0 Å². The van der Waals surface area contributed by atoms with Crippen molar-refractivity contribution in [3.05, 3.63) is 95.6 Å². The van der Waals surface area contributed by atoms with E-state index in [2.05, 4.69) is 26.0 Å². The first kappa shape index (κ1) is 15.2. The van der Waals surface area contributed by atoms with Crippen molar-refractivity contribution in [1.29, 1.82) is 0 Å². The molecule has 0 bridgehead atoms. The molecule has 0 spiro atoms. The van der Waals surface area contributed by atoms with Crippen LogP contribution in [0.25, 0.3) is 11.1 Å². The summed E-state index contributed by atoms with van der Waals surface area (Å²) in [6.07, 6.45) is 0. The van der Waals surface area contributed by atoms with Gasteiger partial charge in [-0.3, -0.25) is 4.79 Å². The molecule has 3 rings (SSSR count). The summed E-state index contributed by atoms with van der Waals surface area (Å²) in [5.41, 5.74) is 5.00. The quantitative estimate of drug-likeness (QED) is 0.564. The maximum atomic E-state index is 12.6. The van der Waals surface area contributed by atoms with E-state index in [-0.39, 0.29) is 5.78 Å². The van der Waals surface area contributed by atoms with Gasteiger partial charge in [0.05, 0.1) is 0 Å². The van der Waals surface area contributed by atoms with Gasteiger partial charge in [0.2, 0.25) is 0 Å². The van der Waals surface area contributed by atoms with Gasteiger partial charge in [0, 0.05) is 11.1 Å². The van der Waals surface area contributed by atoms with E-state index in [1.807, 2.05) is 66.7 Å². The van der Waals surface area contributed by atoms with E-state index in [4.69, 9.17) is 0 Å². The summed E-state index contributed by atoms with van der Waals surface area (Å²) in [5, 5.41) is 0. The molecule has 0 aromatic heterocycles. The fraction of sp³-hybridized carbons (Fsp3) is 0.136. The minimum atomic E-state index is 0.0694. The Morgan fingerprint density at radius 2 is 1.13 bits per heavy atom. The largest absolute Gasteiger partial charge is 0.289 e. The van der Waals surface area contributed by atoms with E-state index in [0.29, 0.717) is 5.92 Å². The summed E-state index contributed by atoms with van der Waals surface area (Å²) in [6.45, 7) is 4.30.